The van der Waals surface area contributed by atoms with E-state index in [2.05, 4.69) is 81.5 Å². The Morgan fingerprint density at radius 2 is 1.84 bits per heavy atom. The predicted molar refractivity (Wildman–Crippen MR) is 127 cm³/mol. The lowest BCUT2D eigenvalue weighted by Crippen LogP contribution is -1.87. The number of nitrogens with zero attached hydrogens (tertiary/aromatic N) is 3. The van der Waals surface area contributed by atoms with Crippen LogP contribution in [-0.2, 0) is 0 Å². The Kier molecular flexibility index (Phi) is 4.01. The van der Waals surface area contributed by atoms with Gasteiger partial charge in [-0.05, 0) is 55.8 Å². The Morgan fingerprint density at radius 1 is 0.903 bits per heavy atom. The molecule has 5 nitrogen and oxygen atoms in total. The van der Waals surface area contributed by atoms with Crippen LogP contribution in [0.3, 0.4) is 0 Å². The van der Waals surface area contributed by atoms with Crippen LogP contribution < -0.4 is 0 Å². The van der Waals surface area contributed by atoms with Crippen molar-refractivity contribution in [1.82, 2.24) is 25.1 Å². The highest BCUT2D eigenvalue weighted by atomic mass is 32.1. The van der Waals surface area contributed by atoms with E-state index >= 15 is 0 Å². The number of rotatable bonds is 3. The maximum absolute atomic E-state index is 4.58. The van der Waals surface area contributed by atoms with Crippen LogP contribution in [0.2, 0.25) is 0 Å². The summed E-state index contributed by atoms with van der Waals surface area (Å²) in [5, 5.41) is 9.82. The molecule has 6 rings (SSSR count). The van der Waals surface area contributed by atoms with Crippen molar-refractivity contribution in [3.63, 3.8) is 0 Å². The first-order chi connectivity index (χ1) is 15.2. The van der Waals surface area contributed by atoms with Gasteiger partial charge in [0.1, 0.15) is 0 Å². The molecule has 0 amide bonds. The molecule has 2 N–H and O–H groups in total. The van der Waals surface area contributed by atoms with Crippen LogP contribution in [0.5, 0.6) is 0 Å². The van der Waals surface area contributed by atoms with E-state index in [0.29, 0.717) is 5.65 Å². The summed E-state index contributed by atoms with van der Waals surface area (Å²) < 4.78 is 0. The number of aromatic amines is 2. The van der Waals surface area contributed by atoms with Gasteiger partial charge in [0.05, 0.1) is 11.4 Å². The van der Waals surface area contributed by atoms with Crippen molar-refractivity contribution in [2.24, 2.45) is 0 Å². The van der Waals surface area contributed by atoms with Gasteiger partial charge in [0.15, 0.2) is 5.65 Å². The number of aromatic nitrogens is 5. The number of fused-ring (bicyclic) bond motifs is 2. The summed E-state index contributed by atoms with van der Waals surface area (Å²) in [5.41, 5.74) is 8.27. The second kappa shape index (κ2) is 6.89. The number of H-pyrrole nitrogens is 2. The number of hydrogen-bond acceptors (Lipinski definition) is 4. The van der Waals surface area contributed by atoms with Crippen LogP contribution in [0.25, 0.3) is 54.9 Å². The highest BCUT2D eigenvalue weighted by Gasteiger charge is 2.15. The fourth-order valence-electron chi connectivity index (χ4n) is 4.10. The maximum atomic E-state index is 4.58. The maximum Gasteiger partial charge on any atom is 0.181 e. The average Bonchev–Trinajstić information content (AvgIpc) is 3.50. The lowest BCUT2D eigenvalue weighted by atomic mass is 10.0. The minimum Gasteiger partial charge on any atom is -0.353 e. The number of benzene rings is 1. The third-order valence-electron chi connectivity index (χ3n) is 5.70. The molecule has 5 aromatic heterocycles. The Hall–Kier alpha value is -3.77. The molecule has 0 saturated heterocycles. The fraction of sp³-hybridized carbons (Fsp3) is 0.0800. The van der Waals surface area contributed by atoms with E-state index in [1.54, 1.807) is 0 Å². The van der Waals surface area contributed by atoms with E-state index in [1.165, 1.54) is 26.3 Å². The molecule has 0 aliphatic heterocycles. The highest BCUT2D eigenvalue weighted by Crippen LogP contribution is 2.37. The molecule has 0 fully saturated rings. The highest BCUT2D eigenvalue weighted by molar-refractivity contribution is 7.15. The third-order valence-corrected chi connectivity index (χ3v) is 6.73. The molecule has 0 atom stereocenters. The number of aryl methyl sites for hydroxylation is 2. The zero-order valence-corrected chi connectivity index (χ0v) is 17.9. The second-order valence-corrected chi connectivity index (χ2v) is 9.03. The molecule has 0 spiro atoms. The molecule has 5 heterocycles. The molecule has 0 unspecified atom stereocenters. The summed E-state index contributed by atoms with van der Waals surface area (Å²) >= 11 is 1.82. The van der Waals surface area contributed by atoms with Crippen molar-refractivity contribution in [2.45, 2.75) is 13.8 Å². The molecule has 150 valence electrons. The molecule has 31 heavy (non-hydrogen) atoms. The quantitative estimate of drug-likeness (QED) is 0.342. The molecule has 1 aromatic carbocycles. The molecular formula is C25H19N5S. The van der Waals surface area contributed by atoms with Crippen LogP contribution in [0.15, 0.2) is 67.1 Å². The van der Waals surface area contributed by atoms with E-state index < -0.39 is 0 Å². The van der Waals surface area contributed by atoms with E-state index in [-0.39, 0.29) is 0 Å². The Morgan fingerprint density at radius 3 is 2.68 bits per heavy atom. The summed E-state index contributed by atoms with van der Waals surface area (Å²) in [6, 6.07) is 17.1. The zero-order chi connectivity index (χ0) is 20.9. The van der Waals surface area contributed by atoms with Gasteiger partial charge in [0.25, 0.3) is 0 Å². The van der Waals surface area contributed by atoms with Crippen molar-refractivity contribution in [2.75, 3.05) is 0 Å². The van der Waals surface area contributed by atoms with Gasteiger partial charge in [-0.25, -0.2) is 4.98 Å². The SMILES string of the molecule is Cc1ccc(-c2cccc3[nH]c(-c4[nH]nc5ncc(-c6cnccc6C)cc45)cc23)s1. The monoisotopic (exact) mass is 421 g/mol. The van der Waals surface area contributed by atoms with Gasteiger partial charge in [-0.2, -0.15) is 5.10 Å². The smallest absolute Gasteiger partial charge is 0.181 e. The van der Waals surface area contributed by atoms with E-state index in [0.717, 1.165) is 33.4 Å². The van der Waals surface area contributed by atoms with Crippen molar-refractivity contribution in [3.05, 3.63) is 77.6 Å². The standard InChI is InChI=1S/C25H19N5S/c1-14-8-9-26-13-20(14)16-10-19-24(29-30-25(19)27-12-16)22-11-18-17(4-3-5-21(18)28-22)23-7-6-15(2)31-23/h3-13,28H,1-2H3,(H,27,29,30). The summed E-state index contributed by atoms with van der Waals surface area (Å²) in [5.74, 6) is 0. The summed E-state index contributed by atoms with van der Waals surface area (Å²) in [4.78, 5) is 15.0. The van der Waals surface area contributed by atoms with Crippen molar-refractivity contribution in [1.29, 1.82) is 0 Å². The number of nitrogens with one attached hydrogen (secondary N) is 2. The largest absolute Gasteiger partial charge is 0.353 e. The first-order valence-corrected chi connectivity index (χ1v) is 10.9. The topological polar surface area (TPSA) is 70.2 Å². The van der Waals surface area contributed by atoms with Gasteiger partial charge >= 0.3 is 0 Å². The molecular weight excluding hydrogens is 402 g/mol. The minimum atomic E-state index is 0.702. The molecule has 0 saturated carbocycles. The van der Waals surface area contributed by atoms with E-state index in [4.69, 9.17) is 0 Å². The van der Waals surface area contributed by atoms with Crippen molar-refractivity contribution in [3.8, 4) is 33.0 Å². The lowest BCUT2D eigenvalue weighted by molar-refractivity contribution is 1.10. The summed E-state index contributed by atoms with van der Waals surface area (Å²) in [6.45, 7) is 4.23. The van der Waals surface area contributed by atoms with Crippen LogP contribution in [0.4, 0.5) is 0 Å². The second-order valence-electron chi connectivity index (χ2n) is 7.74. The minimum absolute atomic E-state index is 0.702. The van der Waals surface area contributed by atoms with Crippen LogP contribution >= 0.6 is 11.3 Å². The van der Waals surface area contributed by atoms with Gasteiger partial charge in [-0.1, -0.05) is 12.1 Å². The molecule has 6 aromatic rings. The Bertz CT molecular complexity index is 1570. The number of pyridine rings is 2. The average molecular weight is 422 g/mol. The lowest BCUT2D eigenvalue weighted by Gasteiger charge is -2.04. The van der Waals surface area contributed by atoms with Crippen LogP contribution in [0.1, 0.15) is 10.4 Å². The summed E-state index contributed by atoms with van der Waals surface area (Å²) in [7, 11) is 0. The molecule has 0 bridgehead atoms. The number of hydrogen-bond donors (Lipinski definition) is 2. The number of thiophene rings is 1. The Balaban J connectivity index is 1.52. The van der Waals surface area contributed by atoms with Crippen molar-refractivity contribution >= 4 is 33.3 Å². The predicted octanol–water partition coefficient (Wildman–Crippen LogP) is 6.51. The van der Waals surface area contributed by atoms with Crippen molar-refractivity contribution < 1.29 is 0 Å². The zero-order valence-electron chi connectivity index (χ0n) is 17.1. The third kappa shape index (κ3) is 2.95. The molecule has 0 aliphatic rings. The molecule has 0 radical (unpaired) electrons. The van der Waals surface area contributed by atoms with Gasteiger partial charge in [0, 0.05) is 61.3 Å². The van der Waals surface area contributed by atoms with Gasteiger partial charge in [-0.15, -0.1) is 11.3 Å². The first-order valence-electron chi connectivity index (χ1n) is 10.1. The van der Waals surface area contributed by atoms with Crippen LogP contribution in [-0.4, -0.2) is 25.1 Å². The van der Waals surface area contributed by atoms with Gasteiger partial charge in [0.2, 0.25) is 0 Å². The first kappa shape index (κ1) is 18.0. The Labute approximate surface area is 182 Å². The van der Waals surface area contributed by atoms with Gasteiger partial charge in [-0.3, -0.25) is 10.1 Å². The molecule has 6 heteroatoms. The molecule has 0 aliphatic carbocycles. The fourth-order valence-corrected chi connectivity index (χ4v) is 5.01. The van der Waals surface area contributed by atoms with E-state index in [9.17, 15) is 0 Å². The normalized spacial score (nSPS) is 11.5. The van der Waals surface area contributed by atoms with Crippen LogP contribution in [0, 0.1) is 13.8 Å². The van der Waals surface area contributed by atoms with Gasteiger partial charge < -0.3 is 4.98 Å². The summed E-state index contributed by atoms with van der Waals surface area (Å²) in [6.07, 6.45) is 5.56. The van der Waals surface area contributed by atoms with E-state index in [1.807, 2.05) is 36.0 Å².